The first-order valence-electron chi connectivity index (χ1n) is 13.7. The molecule has 7 atom stereocenters. The first-order chi connectivity index (χ1) is 16.7. The second-order valence-electron chi connectivity index (χ2n) is 12.8. The predicted molar refractivity (Wildman–Crippen MR) is 139 cm³/mol. The fourth-order valence-electron chi connectivity index (χ4n) is 9.02. The largest absolute Gasteiger partial charge is 0.481 e. The molecule has 6 heteroatoms. The summed E-state index contributed by atoms with van der Waals surface area (Å²) in [5.41, 5.74) is 1.98. The normalized spacial score (nSPS) is 38.6. The van der Waals surface area contributed by atoms with Crippen molar-refractivity contribution in [2.24, 2.45) is 39.9 Å². The van der Waals surface area contributed by atoms with Crippen LogP contribution in [0.15, 0.2) is 22.8 Å². The molecule has 0 radical (unpaired) electrons. The van der Waals surface area contributed by atoms with E-state index >= 15 is 0 Å². The molecule has 0 saturated heterocycles. The zero-order chi connectivity index (χ0) is 27.1. The van der Waals surface area contributed by atoms with Crippen LogP contribution < -0.4 is 0 Å². The summed E-state index contributed by atoms with van der Waals surface area (Å²) in [6.45, 7) is 12.9. The molecule has 36 heavy (non-hydrogen) atoms. The Bertz CT molecular complexity index is 962. The van der Waals surface area contributed by atoms with E-state index in [2.05, 4.69) is 27.7 Å². The van der Waals surface area contributed by atoms with Crippen molar-refractivity contribution in [3.8, 4) is 0 Å². The van der Waals surface area contributed by atoms with Gasteiger partial charge in [-0.1, -0.05) is 39.3 Å². The van der Waals surface area contributed by atoms with E-state index < -0.39 is 17.9 Å². The van der Waals surface area contributed by atoms with Crippen molar-refractivity contribution in [1.29, 1.82) is 0 Å². The van der Waals surface area contributed by atoms with Crippen molar-refractivity contribution in [3.05, 3.63) is 22.8 Å². The molecule has 0 heterocycles. The lowest BCUT2D eigenvalue weighted by Gasteiger charge is -2.65. The quantitative estimate of drug-likeness (QED) is 0.294. The third-order valence-electron chi connectivity index (χ3n) is 11.3. The zero-order valence-electron chi connectivity index (χ0n) is 23.0. The summed E-state index contributed by atoms with van der Waals surface area (Å²) in [5, 5.41) is 28.4. The van der Waals surface area contributed by atoms with Gasteiger partial charge < -0.3 is 15.3 Å². The topological polar surface area (TPSA) is 112 Å². The second kappa shape index (κ2) is 10.3. The van der Waals surface area contributed by atoms with Gasteiger partial charge in [0.15, 0.2) is 0 Å². The van der Waals surface area contributed by atoms with E-state index in [1.165, 1.54) is 6.42 Å². The predicted octanol–water partition coefficient (Wildman–Crippen LogP) is 6.95. The Labute approximate surface area is 216 Å². The lowest BCUT2D eigenvalue weighted by atomic mass is 9.40. The highest BCUT2D eigenvalue weighted by Crippen LogP contribution is 2.74. The second-order valence-corrected chi connectivity index (χ2v) is 12.8. The van der Waals surface area contributed by atoms with Gasteiger partial charge in [0.25, 0.3) is 0 Å². The minimum Gasteiger partial charge on any atom is -0.481 e. The molecule has 3 saturated carbocycles. The Morgan fingerprint density at radius 1 is 0.972 bits per heavy atom. The average molecular weight is 503 g/mol. The number of rotatable bonds is 9. The lowest BCUT2D eigenvalue weighted by molar-refractivity contribution is -0.148. The van der Waals surface area contributed by atoms with Gasteiger partial charge >= 0.3 is 17.9 Å². The minimum atomic E-state index is -0.888. The van der Waals surface area contributed by atoms with Gasteiger partial charge in [0.05, 0.1) is 0 Å². The summed E-state index contributed by atoms with van der Waals surface area (Å²) in [7, 11) is 0. The molecule has 3 rings (SSSR count). The first kappa shape index (κ1) is 28.5. The van der Waals surface area contributed by atoms with Crippen LogP contribution in [0.3, 0.4) is 0 Å². The van der Waals surface area contributed by atoms with Gasteiger partial charge in [-0.15, -0.1) is 0 Å². The molecule has 0 unspecified atom stereocenters. The number of carbonyl (C=O) groups is 3. The van der Waals surface area contributed by atoms with Crippen LogP contribution in [0.5, 0.6) is 0 Å². The third-order valence-corrected chi connectivity index (χ3v) is 11.3. The maximum Gasteiger partial charge on any atom is 0.331 e. The zero-order valence-corrected chi connectivity index (χ0v) is 23.0. The highest BCUT2D eigenvalue weighted by Gasteiger charge is 2.66. The summed E-state index contributed by atoms with van der Waals surface area (Å²) in [4.78, 5) is 34.6. The van der Waals surface area contributed by atoms with E-state index in [0.717, 1.165) is 50.5 Å². The number of allylic oxidation sites excluding steroid dienone is 2. The van der Waals surface area contributed by atoms with Crippen molar-refractivity contribution >= 4 is 17.9 Å². The van der Waals surface area contributed by atoms with Crippen molar-refractivity contribution in [3.63, 3.8) is 0 Å². The van der Waals surface area contributed by atoms with Gasteiger partial charge in [-0.2, -0.15) is 0 Å². The summed E-state index contributed by atoms with van der Waals surface area (Å²) < 4.78 is 0. The number of aliphatic carboxylic acids is 3. The number of carboxylic acid groups (broad SMARTS) is 3. The van der Waals surface area contributed by atoms with Gasteiger partial charge in [0, 0.05) is 17.6 Å². The standard InChI is InChI=1S/C30H46O6/c1-18(8-7-9-19(2)26(33)34)22-14-15-30(6)24-12-10-21(20(3)27(35)36)23(11-13-25(31)32)28(24,4)16-17-29(22,30)5/h9,18,22-24H,7-8,10-17H2,1-6H3,(H,31,32)(H,33,34)(H,35,36)/t18-,22-,23-,24-,28+,29-,30+/m1/s1. The average Bonchev–Trinajstić information content (AvgIpc) is 3.07. The summed E-state index contributed by atoms with van der Waals surface area (Å²) in [5.74, 6) is -1.07. The summed E-state index contributed by atoms with van der Waals surface area (Å²) in [6, 6.07) is 0. The maximum atomic E-state index is 11.9. The highest BCUT2D eigenvalue weighted by molar-refractivity contribution is 5.87. The SMILES string of the molecule is CC(=CCC[C@@H](C)[C@H]1CC[C@@]2(C)[C@@H]3CCC(=C(C)C(=O)O)[C@@H](CCC(=O)O)[C@]3(C)CC[C@]12C)C(=O)O. The van der Waals surface area contributed by atoms with E-state index in [4.69, 9.17) is 5.11 Å². The number of fused-ring (bicyclic) bond motifs is 3. The van der Waals surface area contributed by atoms with Crippen LogP contribution in [-0.2, 0) is 14.4 Å². The Hall–Kier alpha value is -2.11. The minimum absolute atomic E-state index is 0.00886. The molecule has 0 aromatic rings. The Morgan fingerprint density at radius 3 is 2.22 bits per heavy atom. The van der Waals surface area contributed by atoms with Gasteiger partial charge in [-0.05, 0) is 112 Å². The third kappa shape index (κ3) is 4.77. The first-order valence-corrected chi connectivity index (χ1v) is 13.7. The summed E-state index contributed by atoms with van der Waals surface area (Å²) >= 11 is 0. The molecule has 3 N–H and O–H groups in total. The molecule has 3 aliphatic carbocycles. The van der Waals surface area contributed by atoms with Crippen LogP contribution in [0, 0.1) is 39.9 Å². The van der Waals surface area contributed by atoms with Gasteiger partial charge in [-0.25, -0.2) is 9.59 Å². The van der Waals surface area contributed by atoms with Crippen LogP contribution in [0.25, 0.3) is 0 Å². The Morgan fingerprint density at radius 2 is 1.64 bits per heavy atom. The fourth-order valence-corrected chi connectivity index (χ4v) is 9.02. The van der Waals surface area contributed by atoms with Crippen molar-refractivity contribution < 1.29 is 29.7 Å². The molecule has 0 amide bonds. The fraction of sp³-hybridized carbons (Fsp3) is 0.767. The Kier molecular flexibility index (Phi) is 8.17. The van der Waals surface area contributed by atoms with Crippen molar-refractivity contribution in [1.82, 2.24) is 0 Å². The van der Waals surface area contributed by atoms with E-state index in [9.17, 15) is 24.6 Å². The van der Waals surface area contributed by atoms with Crippen molar-refractivity contribution in [2.75, 3.05) is 0 Å². The molecule has 3 fully saturated rings. The molecular formula is C30H46O6. The van der Waals surface area contributed by atoms with Gasteiger partial charge in [-0.3, -0.25) is 4.79 Å². The smallest absolute Gasteiger partial charge is 0.331 e. The molecule has 0 bridgehead atoms. The molecule has 0 aromatic heterocycles. The van der Waals surface area contributed by atoms with Gasteiger partial charge in [0.1, 0.15) is 0 Å². The van der Waals surface area contributed by atoms with Crippen LogP contribution in [-0.4, -0.2) is 33.2 Å². The van der Waals surface area contributed by atoms with E-state index in [0.29, 0.717) is 35.3 Å². The highest BCUT2D eigenvalue weighted by atomic mass is 16.4. The molecule has 0 aromatic carbocycles. The number of hydrogen-bond acceptors (Lipinski definition) is 3. The van der Waals surface area contributed by atoms with Crippen LogP contribution in [0.1, 0.15) is 106 Å². The molecule has 202 valence electrons. The monoisotopic (exact) mass is 502 g/mol. The maximum absolute atomic E-state index is 11.9. The summed E-state index contributed by atoms with van der Waals surface area (Å²) in [6.07, 6.45) is 10.3. The lowest BCUT2D eigenvalue weighted by Crippen LogP contribution is -2.57. The molecule has 0 aliphatic heterocycles. The number of hydrogen-bond donors (Lipinski definition) is 3. The van der Waals surface area contributed by atoms with E-state index in [1.807, 2.05) is 6.08 Å². The van der Waals surface area contributed by atoms with Gasteiger partial charge in [0.2, 0.25) is 0 Å². The van der Waals surface area contributed by atoms with E-state index in [-0.39, 0.29) is 28.6 Å². The van der Waals surface area contributed by atoms with Crippen LogP contribution in [0.4, 0.5) is 0 Å². The molecule has 6 nitrogen and oxygen atoms in total. The van der Waals surface area contributed by atoms with Crippen LogP contribution >= 0.6 is 0 Å². The molecular weight excluding hydrogens is 456 g/mol. The Balaban J connectivity index is 1.90. The van der Waals surface area contributed by atoms with Crippen LogP contribution in [0.2, 0.25) is 0 Å². The van der Waals surface area contributed by atoms with E-state index in [1.54, 1.807) is 13.8 Å². The number of carboxylic acids is 3. The molecule has 3 aliphatic rings. The van der Waals surface area contributed by atoms with Crippen molar-refractivity contribution in [2.45, 2.75) is 106 Å². The molecule has 0 spiro atoms.